The van der Waals surface area contributed by atoms with E-state index in [0.717, 1.165) is 76.0 Å². The van der Waals surface area contributed by atoms with Gasteiger partial charge in [-0.25, -0.2) is 4.98 Å². The van der Waals surface area contributed by atoms with Gasteiger partial charge in [-0.15, -0.1) is 0 Å². The van der Waals surface area contributed by atoms with Gasteiger partial charge in [0.05, 0.1) is 11.7 Å². The van der Waals surface area contributed by atoms with E-state index in [1.807, 2.05) is 36.0 Å². The first-order chi connectivity index (χ1) is 15.1. The molecule has 0 radical (unpaired) electrons. The zero-order chi connectivity index (χ0) is 21.4. The van der Waals surface area contributed by atoms with Gasteiger partial charge in [0.25, 0.3) is 0 Å². The summed E-state index contributed by atoms with van der Waals surface area (Å²) >= 11 is 0. The van der Waals surface area contributed by atoms with Crippen molar-refractivity contribution >= 4 is 11.7 Å². The fourth-order valence-corrected chi connectivity index (χ4v) is 5.21. The minimum atomic E-state index is -0.0124. The van der Waals surface area contributed by atoms with Crippen LogP contribution in [0.15, 0.2) is 30.5 Å². The van der Waals surface area contributed by atoms with Crippen LogP contribution in [0.3, 0.4) is 0 Å². The van der Waals surface area contributed by atoms with E-state index in [0.29, 0.717) is 17.9 Å². The van der Waals surface area contributed by atoms with Gasteiger partial charge in [0.2, 0.25) is 5.91 Å². The Bertz CT molecular complexity index is 906. The Balaban J connectivity index is 1.19. The quantitative estimate of drug-likeness (QED) is 0.800. The van der Waals surface area contributed by atoms with Crippen molar-refractivity contribution in [1.29, 1.82) is 0 Å². The van der Waals surface area contributed by atoms with E-state index in [1.54, 1.807) is 0 Å². The van der Waals surface area contributed by atoms with Crippen LogP contribution < -0.4 is 10.2 Å². The predicted molar refractivity (Wildman–Crippen MR) is 120 cm³/mol. The second kappa shape index (κ2) is 8.59. The molecule has 0 aromatic carbocycles. The molecule has 1 amide bonds. The number of carbonyl (C=O) groups excluding carboxylic acids is 1. The normalized spacial score (nSPS) is 27.2. The predicted octanol–water partition coefficient (Wildman–Crippen LogP) is 1.30. The van der Waals surface area contributed by atoms with Gasteiger partial charge in [-0.2, -0.15) is 9.78 Å². The lowest BCUT2D eigenvalue weighted by atomic mass is 10.1. The molecule has 166 valence electrons. The topological polar surface area (TPSA) is 69.5 Å². The second-order valence-electron chi connectivity index (χ2n) is 9.30. The van der Waals surface area contributed by atoms with Crippen molar-refractivity contribution in [2.75, 3.05) is 50.7 Å². The number of likely N-dealkylation sites (tertiary alicyclic amines) is 1. The molecule has 8 heteroatoms. The highest BCUT2D eigenvalue weighted by Crippen LogP contribution is 2.24. The molecule has 0 bridgehead atoms. The first-order valence-electron chi connectivity index (χ1n) is 11.6. The lowest BCUT2D eigenvalue weighted by Crippen LogP contribution is -2.51. The number of hydrogen-bond acceptors (Lipinski definition) is 6. The molecule has 1 unspecified atom stereocenters. The van der Waals surface area contributed by atoms with Gasteiger partial charge in [-0.3, -0.25) is 9.69 Å². The molecule has 3 saturated heterocycles. The van der Waals surface area contributed by atoms with Crippen LogP contribution >= 0.6 is 0 Å². The van der Waals surface area contributed by atoms with Crippen LogP contribution in [0, 0.1) is 12.8 Å². The lowest BCUT2D eigenvalue weighted by molar-refractivity contribution is -0.132. The molecule has 3 atom stereocenters. The molecule has 3 fully saturated rings. The van der Waals surface area contributed by atoms with Gasteiger partial charge in [0.15, 0.2) is 5.82 Å². The minimum absolute atomic E-state index is 0.0124. The Labute approximate surface area is 184 Å². The van der Waals surface area contributed by atoms with E-state index in [2.05, 4.69) is 43.1 Å². The summed E-state index contributed by atoms with van der Waals surface area (Å²) in [6.45, 7) is 10.9. The number of piperazine rings is 1. The SMILES string of the molecule is Cc1cc(N2CCN([C@@H]3CN[C@H](C(=O)N4CCC(C)C4)C3)CC2)n(-c2ccccn2)n1. The number of anilines is 1. The van der Waals surface area contributed by atoms with Crippen LogP contribution in [-0.4, -0.2) is 88.4 Å². The Morgan fingerprint density at radius 1 is 1.16 bits per heavy atom. The molecule has 5 heterocycles. The standard InChI is InChI=1S/C23H33N7O/c1-17-6-8-29(16-17)23(31)20-14-19(15-25-20)27-9-11-28(12-10-27)22-13-18(2)26-30(22)21-5-3-4-7-24-21/h3-5,7,13,17,19-20,25H,6,8-12,14-16H2,1-2H3/t17?,19-,20-/m0/s1. The highest BCUT2D eigenvalue weighted by atomic mass is 16.2. The summed E-state index contributed by atoms with van der Waals surface area (Å²) in [5.41, 5.74) is 1.00. The third-order valence-electron chi connectivity index (χ3n) is 6.97. The molecular weight excluding hydrogens is 390 g/mol. The number of aryl methyl sites for hydroxylation is 1. The zero-order valence-electron chi connectivity index (χ0n) is 18.6. The van der Waals surface area contributed by atoms with Gasteiger partial charge < -0.3 is 15.1 Å². The van der Waals surface area contributed by atoms with Gasteiger partial charge >= 0.3 is 0 Å². The Morgan fingerprint density at radius 2 is 2.00 bits per heavy atom. The number of nitrogens with zero attached hydrogens (tertiary/aromatic N) is 6. The summed E-state index contributed by atoms with van der Waals surface area (Å²) in [5, 5.41) is 8.18. The van der Waals surface area contributed by atoms with E-state index in [1.165, 1.54) is 0 Å². The largest absolute Gasteiger partial charge is 0.354 e. The Hall–Kier alpha value is -2.45. The number of nitrogens with one attached hydrogen (secondary N) is 1. The molecule has 1 N–H and O–H groups in total. The average molecular weight is 424 g/mol. The monoisotopic (exact) mass is 423 g/mol. The fraction of sp³-hybridized carbons (Fsp3) is 0.609. The molecule has 0 spiro atoms. The Morgan fingerprint density at radius 3 is 2.71 bits per heavy atom. The highest BCUT2D eigenvalue weighted by molar-refractivity contribution is 5.82. The zero-order valence-corrected chi connectivity index (χ0v) is 18.6. The molecule has 8 nitrogen and oxygen atoms in total. The van der Waals surface area contributed by atoms with E-state index >= 15 is 0 Å². The van der Waals surface area contributed by atoms with Gasteiger partial charge in [-0.1, -0.05) is 13.0 Å². The maximum absolute atomic E-state index is 12.9. The number of hydrogen-bond donors (Lipinski definition) is 1. The van der Waals surface area contributed by atoms with Gasteiger partial charge in [-0.05, 0) is 37.8 Å². The van der Waals surface area contributed by atoms with E-state index < -0.39 is 0 Å². The van der Waals surface area contributed by atoms with Crippen LogP contribution in [0.2, 0.25) is 0 Å². The molecule has 0 saturated carbocycles. The lowest BCUT2D eigenvalue weighted by Gasteiger charge is -2.38. The van der Waals surface area contributed by atoms with Crippen LogP contribution in [-0.2, 0) is 4.79 Å². The van der Waals surface area contributed by atoms with Crippen LogP contribution in [0.1, 0.15) is 25.5 Å². The molecular formula is C23H33N7O. The summed E-state index contributed by atoms with van der Waals surface area (Å²) in [4.78, 5) is 24.3. The van der Waals surface area contributed by atoms with Crippen molar-refractivity contribution in [3.8, 4) is 5.82 Å². The van der Waals surface area contributed by atoms with Gasteiger partial charge in [0.1, 0.15) is 5.82 Å². The maximum atomic E-state index is 12.9. The summed E-state index contributed by atoms with van der Waals surface area (Å²) in [6.07, 6.45) is 3.87. The first kappa shape index (κ1) is 20.5. The van der Waals surface area contributed by atoms with E-state index in [9.17, 15) is 4.79 Å². The molecule has 5 rings (SSSR count). The third-order valence-corrected chi connectivity index (χ3v) is 6.97. The van der Waals surface area contributed by atoms with Crippen LogP contribution in [0.5, 0.6) is 0 Å². The highest BCUT2D eigenvalue weighted by Gasteiger charge is 2.37. The summed E-state index contributed by atoms with van der Waals surface area (Å²) in [5.74, 6) is 2.90. The van der Waals surface area contributed by atoms with Crippen LogP contribution in [0.25, 0.3) is 5.82 Å². The van der Waals surface area contributed by atoms with Crippen molar-refractivity contribution in [1.82, 2.24) is 29.9 Å². The molecule has 0 aliphatic carbocycles. The van der Waals surface area contributed by atoms with Gasteiger partial charge in [0, 0.05) is 64.1 Å². The van der Waals surface area contributed by atoms with Crippen molar-refractivity contribution in [2.24, 2.45) is 5.92 Å². The molecule has 2 aromatic heterocycles. The minimum Gasteiger partial charge on any atom is -0.354 e. The smallest absolute Gasteiger partial charge is 0.239 e. The van der Waals surface area contributed by atoms with Crippen LogP contribution in [0.4, 0.5) is 5.82 Å². The molecule has 2 aromatic rings. The maximum Gasteiger partial charge on any atom is 0.239 e. The number of amides is 1. The number of carbonyl (C=O) groups is 1. The van der Waals surface area contributed by atoms with Crippen molar-refractivity contribution in [3.63, 3.8) is 0 Å². The summed E-state index contributed by atoms with van der Waals surface area (Å²) < 4.78 is 1.95. The second-order valence-corrected chi connectivity index (χ2v) is 9.30. The fourth-order valence-electron chi connectivity index (χ4n) is 5.21. The molecule has 3 aliphatic rings. The number of rotatable bonds is 4. The number of aromatic nitrogens is 3. The van der Waals surface area contributed by atoms with Crippen molar-refractivity contribution < 1.29 is 4.79 Å². The Kier molecular flexibility index (Phi) is 5.67. The summed E-state index contributed by atoms with van der Waals surface area (Å²) in [6, 6.07) is 8.49. The average Bonchev–Trinajstić information content (AvgIpc) is 3.54. The molecule has 31 heavy (non-hydrogen) atoms. The van der Waals surface area contributed by atoms with Crippen molar-refractivity contribution in [3.05, 3.63) is 36.2 Å². The summed E-state index contributed by atoms with van der Waals surface area (Å²) in [7, 11) is 0. The van der Waals surface area contributed by atoms with Crippen molar-refractivity contribution in [2.45, 2.75) is 38.8 Å². The molecule has 3 aliphatic heterocycles. The van der Waals surface area contributed by atoms with E-state index in [4.69, 9.17) is 0 Å². The first-order valence-corrected chi connectivity index (χ1v) is 11.6. The number of pyridine rings is 1. The van der Waals surface area contributed by atoms with E-state index in [-0.39, 0.29) is 6.04 Å². The third kappa shape index (κ3) is 4.19.